The summed E-state index contributed by atoms with van der Waals surface area (Å²) in [5.41, 5.74) is 0.868. The Balaban J connectivity index is 1.78. The molecule has 1 fully saturated rings. The number of amides is 1. The molecule has 1 aliphatic rings. The van der Waals surface area contributed by atoms with E-state index in [-0.39, 0.29) is 24.4 Å². The summed E-state index contributed by atoms with van der Waals surface area (Å²) in [6.07, 6.45) is 1.26. The number of H-pyrrole nitrogens is 1. The number of pyridine rings is 1. The third-order valence-electron chi connectivity index (χ3n) is 4.30. The number of carbonyl (C=O) groups excluding carboxylic acids is 1. The normalized spacial score (nSPS) is 18.1. The summed E-state index contributed by atoms with van der Waals surface area (Å²) < 4.78 is 0. The molecule has 3 rings (SSSR count). The van der Waals surface area contributed by atoms with Crippen molar-refractivity contribution in [3.8, 4) is 0 Å². The number of benzene rings is 1. The number of para-hydroxylation sites is 1. The highest BCUT2D eigenvalue weighted by molar-refractivity contribution is 5.83. The van der Waals surface area contributed by atoms with Gasteiger partial charge in [0.25, 0.3) is 5.56 Å². The van der Waals surface area contributed by atoms with Crippen molar-refractivity contribution >= 4 is 22.8 Å². The van der Waals surface area contributed by atoms with Gasteiger partial charge in [-0.1, -0.05) is 18.2 Å². The van der Waals surface area contributed by atoms with E-state index in [9.17, 15) is 14.4 Å². The number of likely N-dealkylation sites (tertiary alicyclic amines) is 1. The van der Waals surface area contributed by atoms with Crippen molar-refractivity contribution in [3.05, 3.63) is 46.2 Å². The van der Waals surface area contributed by atoms with Gasteiger partial charge in [-0.15, -0.1) is 0 Å². The quantitative estimate of drug-likeness (QED) is 0.896. The van der Waals surface area contributed by atoms with E-state index in [1.54, 1.807) is 11.0 Å². The van der Waals surface area contributed by atoms with Crippen molar-refractivity contribution in [1.29, 1.82) is 0 Å². The number of fused-ring (bicyclic) bond motifs is 1. The molecule has 120 valence electrons. The lowest BCUT2D eigenvalue weighted by molar-refractivity contribution is -0.145. The summed E-state index contributed by atoms with van der Waals surface area (Å²) in [5.74, 6) is -1.58. The van der Waals surface area contributed by atoms with Crippen LogP contribution in [0.1, 0.15) is 18.4 Å². The van der Waals surface area contributed by atoms with Gasteiger partial charge >= 0.3 is 5.97 Å². The molecule has 2 heterocycles. The smallest absolute Gasteiger partial charge is 0.308 e. The van der Waals surface area contributed by atoms with Crippen LogP contribution in [0.2, 0.25) is 0 Å². The SMILES string of the molecule is O=C(O)[C@H]1CCCN(C(=O)Cc2cc3ccccc3[nH]c2=O)C1. The number of hydrogen-bond acceptors (Lipinski definition) is 3. The maximum Gasteiger partial charge on any atom is 0.308 e. The second-order valence-corrected chi connectivity index (χ2v) is 5.90. The minimum absolute atomic E-state index is 0.00743. The standard InChI is InChI=1S/C17H18N2O4/c20-15(19-7-3-5-12(10-19)17(22)23)9-13-8-11-4-1-2-6-14(11)18-16(13)21/h1-2,4,6,8,12H,3,5,7,9-10H2,(H,18,21)(H,22,23)/t12-/m0/s1. The lowest BCUT2D eigenvalue weighted by Crippen LogP contribution is -2.43. The number of aliphatic carboxylic acids is 1. The van der Waals surface area contributed by atoms with E-state index in [0.29, 0.717) is 24.9 Å². The molecule has 1 aromatic heterocycles. The van der Waals surface area contributed by atoms with Crippen LogP contribution in [0.5, 0.6) is 0 Å². The highest BCUT2D eigenvalue weighted by Gasteiger charge is 2.28. The zero-order valence-corrected chi connectivity index (χ0v) is 12.6. The Bertz CT molecular complexity index is 812. The largest absolute Gasteiger partial charge is 0.481 e. The van der Waals surface area contributed by atoms with Crippen LogP contribution in [-0.2, 0) is 16.0 Å². The van der Waals surface area contributed by atoms with Crippen molar-refractivity contribution in [2.45, 2.75) is 19.3 Å². The van der Waals surface area contributed by atoms with Crippen LogP contribution in [0.25, 0.3) is 10.9 Å². The van der Waals surface area contributed by atoms with Gasteiger partial charge in [0.1, 0.15) is 0 Å². The van der Waals surface area contributed by atoms with Crippen LogP contribution < -0.4 is 5.56 Å². The van der Waals surface area contributed by atoms with Crippen molar-refractivity contribution < 1.29 is 14.7 Å². The first-order chi connectivity index (χ1) is 11.0. The highest BCUT2D eigenvalue weighted by atomic mass is 16.4. The zero-order valence-electron chi connectivity index (χ0n) is 12.6. The molecule has 0 saturated carbocycles. The maximum atomic E-state index is 12.4. The van der Waals surface area contributed by atoms with Gasteiger partial charge in [0.2, 0.25) is 5.91 Å². The Morgan fingerprint density at radius 3 is 2.87 bits per heavy atom. The topological polar surface area (TPSA) is 90.5 Å². The number of carboxylic acid groups (broad SMARTS) is 1. The molecule has 1 aromatic carbocycles. The Hall–Kier alpha value is -2.63. The van der Waals surface area contributed by atoms with Gasteiger partial charge in [-0.2, -0.15) is 0 Å². The van der Waals surface area contributed by atoms with E-state index in [0.717, 1.165) is 10.9 Å². The summed E-state index contributed by atoms with van der Waals surface area (Å²) in [6.45, 7) is 0.772. The zero-order chi connectivity index (χ0) is 16.4. The van der Waals surface area contributed by atoms with E-state index in [4.69, 9.17) is 5.11 Å². The third kappa shape index (κ3) is 3.26. The van der Waals surface area contributed by atoms with Gasteiger partial charge < -0.3 is 15.0 Å². The van der Waals surface area contributed by atoms with Crippen LogP contribution in [-0.4, -0.2) is 40.0 Å². The first kappa shape index (κ1) is 15.3. The molecule has 0 aliphatic carbocycles. The second-order valence-electron chi connectivity index (χ2n) is 5.90. The Kier molecular flexibility index (Phi) is 4.14. The summed E-state index contributed by atoms with van der Waals surface area (Å²) in [6, 6.07) is 9.12. The molecule has 2 aromatic rings. The van der Waals surface area contributed by atoms with Gasteiger partial charge in [0.05, 0.1) is 12.3 Å². The number of carbonyl (C=O) groups is 2. The first-order valence-electron chi connectivity index (χ1n) is 7.66. The van der Waals surface area contributed by atoms with Crippen LogP contribution in [0.4, 0.5) is 0 Å². The minimum atomic E-state index is -0.869. The molecule has 2 N–H and O–H groups in total. The fourth-order valence-corrected chi connectivity index (χ4v) is 3.00. The number of aromatic amines is 1. The number of carboxylic acids is 1. The predicted molar refractivity (Wildman–Crippen MR) is 85.2 cm³/mol. The number of piperidine rings is 1. The van der Waals surface area contributed by atoms with E-state index in [1.165, 1.54) is 0 Å². The number of nitrogens with zero attached hydrogens (tertiary/aromatic N) is 1. The molecule has 0 bridgehead atoms. The lowest BCUT2D eigenvalue weighted by atomic mass is 9.97. The number of aromatic nitrogens is 1. The molecule has 6 nitrogen and oxygen atoms in total. The van der Waals surface area contributed by atoms with Gasteiger partial charge in [0.15, 0.2) is 0 Å². The fourth-order valence-electron chi connectivity index (χ4n) is 3.00. The molecule has 1 saturated heterocycles. The number of rotatable bonds is 3. The first-order valence-corrected chi connectivity index (χ1v) is 7.66. The van der Waals surface area contributed by atoms with Crippen molar-refractivity contribution in [3.63, 3.8) is 0 Å². The average Bonchev–Trinajstić information content (AvgIpc) is 2.55. The Morgan fingerprint density at radius 2 is 2.09 bits per heavy atom. The monoisotopic (exact) mass is 314 g/mol. The second kappa shape index (κ2) is 6.24. The van der Waals surface area contributed by atoms with Gasteiger partial charge in [-0.25, -0.2) is 0 Å². The van der Waals surface area contributed by atoms with E-state index < -0.39 is 11.9 Å². The van der Waals surface area contributed by atoms with Crippen LogP contribution in [0.15, 0.2) is 35.1 Å². The molecule has 1 amide bonds. The Morgan fingerprint density at radius 1 is 1.30 bits per heavy atom. The highest BCUT2D eigenvalue weighted by Crippen LogP contribution is 2.18. The average molecular weight is 314 g/mol. The molecular formula is C17H18N2O4. The van der Waals surface area contributed by atoms with Crippen LogP contribution in [0.3, 0.4) is 0 Å². The van der Waals surface area contributed by atoms with Crippen LogP contribution in [0, 0.1) is 5.92 Å². The maximum absolute atomic E-state index is 12.4. The molecular weight excluding hydrogens is 296 g/mol. The molecule has 0 unspecified atom stereocenters. The summed E-state index contributed by atoms with van der Waals surface area (Å²) in [4.78, 5) is 39.9. The van der Waals surface area contributed by atoms with Crippen molar-refractivity contribution in [2.75, 3.05) is 13.1 Å². The third-order valence-corrected chi connectivity index (χ3v) is 4.30. The molecule has 0 radical (unpaired) electrons. The molecule has 23 heavy (non-hydrogen) atoms. The summed E-state index contributed by atoms with van der Waals surface area (Å²) >= 11 is 0. The van der Waals surface area contributed by atoms with E-state index in [1.807, 2.05) is 24.3 Å². The minimum Gasteiger partial charge on any atom is -0.481 e. The van der Waals surface area contributed by atoms with E-state index in [2.05, 4.69) is 4.98 Å². The Labute approximate surface area is 132 Å². The molecule has 0 spiro atoms. The van der Waals surface area contributed by atoms with Crippen LogP contribution >= 0.6 is 0 Å². The molecule has 6 heteroatoms. The van der Waals surface area contributed by atoms with Gasteiger partial charge in [-0.05, 0) is 30.4 Å². The van der Waals surface area contributed by atoms with Crippen molar-refractivity contribution in [2.24, 2.45) is 5.92 Å². The van der Waals surface area contributed by atoms with Gasteiger partial charge in [0, 0.05) is 24.2 Å². The predicted octanol–water partition coefficient (Wildman–Crippen LogP) is 1.39. The molecule has 1 atom stereocenters. The van der Waals surface area contributed by atoms with Crippen molar-refractivity contribution in [1.82, 2.24) is 9.88 Å². The molecule has 1 aliphatic heterocycles. The summed E-state index contributed by atoms with van der Waals surface area (Å²) in [7, 11) is 0. The summed E-state index contributed by atoms with van der Waals surface area (Å²) in [5, 5.41) is 9.97. The lowest BCUT2D eigenvalue weighted by Gasteiger charge is -2.30. The number of hydrogen-bond donors (Lipinski definition) is 2. The fraction of sp³-hybridized carbons (Fsp3) is 0.353. The number of nitrogens with one attached hydrogen (secondary N) is 1. The van der Waals surface area contributed by atoms with E-state index >= 15 is 0 Å². The van der Waals surface area contributed by atoms with Gasteiger partial charge in [-0.3, -0.25) is 14.4 Å².